The molecule has 26 heavy (non-hydrogen) atoms. The summed E-state index contributed by atoms with van der Waals surface area (Å²) in [6.07, 6.45) is 3.54. The Kier molecular flexibility index (Phi) is 4.75. The minimum atomic E-state index is -0.210. The van der Waals surface area contributed by atoms with Gasteiger partial charge in [0, 0.05) is 7.05 Å². The van der Waals surface area contributed by atoms with Crippen molar-refractivity contribution in [3.63, 3.8) is 0 Å². The van der Waals surface area contributed by atoms with Gasteiger partial charge in [0.1, 0.15) is 6.61 Å². The number of hydrogen-bond donors (Lipinski definition) is 1. The summed E-state index contributed by atoms with van der Waals surface area (Å²) in [5.41, 5.74) is 0.364. The Morgan fingerprint density at radius 2 is 2.08 bits per heavy atom. The number of nitrogens with zero attached hydrogens (tertiary/aromatic N) is 4. The summed E-state index contributed by atoms with van der Waals surface area (Å²) in [4.78, 5) is 14.3. The SMILES string of the molecule is CN(CC1COc2ccccc2O1)C(=O)c1cn(C2CCNCC2)nn1. The van der Waals surface area contributed by atoms with E-state index in [1.54, 1.807) is 18.1 Å². The van der Waals surface area contributed by atoms with Gasteiger partial charge in [0.15, 0.2) is 23.3 Å². The fraction of sp³-hybridized carbons (Fsp3) is 0.500. The van der Waals surface area contributed by atoms with Crippen LogP contribution in [0.2, 0.25) is 0 Å². The zero-order chi connectivity index (χ0) is 17.9. The van der Waals surface area contributed by atoms with Crippen LogP contribution in [0.3, 0.4) is 0 Å². The molecule has 0 radical (unpaired) electrons. The van der Waals surface area contributed by atoms with Crippen LogP contribution in [0.25, 0.3) is 0 Å². The molecule has 8 nitrogen and oxygen atoms in total. The Hall–Kier alpha value is -2.61. The predicted molar refractivity (Wildman–Crippen MR) is 94.5 cm³/mol. The lowest BCUT2D eigenvalue weighted by molar-refractivity contribution is 0.0517. The van der Waals surface area contributed by atoms with Crippen LogP contribution in [0.5, 0.6) is 11.5 Å². The van der Waals surface area contributed by atoms with Crippen LogP contribution in [0.4, 0.5) is 0 Å². The highest BCUT2D eigenvalue weighted by Crippen LogP contribution is 2.31. The van der Waals surface area contributed by atoms with Crippen molar-refractivity contribution in [2.75, 3.05) is 33.3 Å². The normalized spacial score (nSPS) is 20.0. The van der Waals surface area contributed by atoms with Crippen molar-refractivity contribution in [3.05, 3.63) is 36.2 Å². The molecular formula is C18H23N5O3. The number of carbonyl (C=O) groups is 1. The first-order valence-corrected chi connectivity index (χ1v) is 8.97. The van der Waals surface area contributed by atoms with Gasteiger partial charge in [-0.05, 0) is 38.1 Å². The van der Waals surface area contributed by atoms with E-state index in [-0.39, 0.29) is 12.0 Å². The molecule has 1 atom stereocenters. The minimum absolute atomic E-state index is 0.160. The molecule has 1 aromatic heterocycles. The van der Waals surface area contributed by atoms with Gasteiger partial charge in [-0.2, -0.15) is 0 Å². The van der Waals surface area contributed by atoms with Gasteiger partial charge in [-0.15, -0.1) is 5.10 Å². The molecule has 2 aromatic rings. The van der Waals surface area contributed by atoms with Crippen LogP contribution in [0, 0.1) is 0 Å². The first kappa shape index (κ1) is 16.8. The molecule has 1 amide bonds. The number of carbonyl (C=O) groups excluding carboxylic acids is 1. The molecule has 2 aliphatic heterocycles. The maximum atomic E-state index is 12.7. The summed E-state index contributed by atoms with van der Waals surface area (Å²) in [6, 6.07) is 7.86. The smallest absolute Gasteiger partial charge is 0.275 e. The number of likely N-dealkylation sites (N-methyl/N-ethyl adjacent to an activating group) is 1. The van der Waals surface area contributed by atoms with Gasteiger partial charge in [-0.3, -0.25) is 4.79 Å². The fourth-order valence-corrected chi connectivity index (χ4v) is 3.36. The Morgan fingerprint density at radius 1 is 1.31 bits per heavy atom. The van der Waals surface area contributed by atoms with Crippen LogP contribution in [0.15, 0.2) is 30.5 Å². The van der Waals surface area contributed by atoms with Crippen molar-refractivity contribution in [2.45, 2.75) is 25.0 Å². The summed E-state index contributed by atoms with van der Waals surface area (Å²) in [5, 5.41) is 11.5. The quantitative estimate of drug-likeness (QED) is 0.883. The predicted octanol–water partition coefficient (Wildman–Crippen LogP) is 1.11. The zero-order valence-corrected chi connectivity index (χ0v) is 14.8. The average Bonchev–Trinajstić information content (AvgIpc) is 3.18. The third-order valence-corrected chi connectivity index (χ3v) is 4.80. The molecule has 1 aromatic carbocycles. The van der Waals surface area contributed by atoms with E-state index in [0.717, 1.165) is 31.7 Å². The van der Waals surface area contributed by atoms with Crippen molar-refractivity contribution in [1.29, 1.82) is 0 Å². The van der Waals surface area contributed by atoms with E-state index >= 15 is 0 Å². The van der Waals surface area contributed by atoms with Crippen molar-refractivity contribution < 1.29 is 14.3 Å². The summed E-state index contributed by atoms with van der Waals surface area (Å²) < 4.78 is 13.4. The van der Waals surface area contributed by atoms with E-state index in [2.05, 4.69) is 15.6 Å². The van der Waals surface area contributed by atoms with Gasteiger partial charge in [-0.25, -0.2) is 4.68 Å². The number of aromatic nitrogens is 3. The Balaban J connectivity index is 1.37. The number of rotatable bonds is 4. The molecule has 138 valence electrons. The second kappa shape index (κ2) is 7.33. The second-order valence-corrected chi connectivity index (χ2v) is 6.75. The third kappa shape index (κ3) is 3.50. The van der Waals surface area contributed by atoms with Crippen molar-refractivity contribution in [2.24, 2.45) is 0 Å². The highest BCUT2D eigenvalue weighted by molar-refractivity contribution is 5.91. The molecule has 0 bridgehead atoms. The third-order valence-electron chi connectivity index (χ3n) is 4.80. The maximum absolute atomic E-state index is 12.7. The van der Waals surface area contributed by atoms with Crippen LogP contribution in [-0.4, -0.2) is 65.2 Å². The van der Waals surface area contributed by atoms with Gasteiger partial charge in [0.2, 0.25) is 0 Å². The van der Waals surface area contributed by atoms with E-state index in [1.807, 2.05) is 28.9 Å². The molecule has 1 unspecified atom stereocenters. The molecule has 1 N–H and O–H groups in total. The number of ether oxygens (including phenoxy) is 2. The van der Waals surface area contributed by atoms with Gasteiger partial charge < -0.3 is 19.7 Å². The Bertz CT molecular complexity index is 772. The van der Waals surface area contributed by atoms with Crippen molar-refractivity contribution >= 4 is 5.91 Å². The van der Waals surface area contributed by atoms with E-state index in [4.69, 9.17) is 9.47 Å². The fourth-order valence-electron chi connectivity index (χ4n) is 3.36. The largest absolute Gasteiger partial charge is 0.486 e. The molecule has 1 fully saturated rings. The van der Waals surface area contributed by atoms with Crippen LogP contribution >= 0.6 is 0 Å². The van der Waals surface area contributed by atoms with E-state index < -0.39 is 0 Å². The maximum Gasteiger partial charge on any atom is 0.275 e. The lowest BCUT2D eigenvalue weighted by Crippen LogP contribution is -2.41. The van der Waals surface area contributed by atoms with E-state index in [1.165, 1.54) is 0 Å². The van der Waals surface area contributed by atoms with Gasteiger partial charge in [-0.1, -0.05) is 17.3 Å². The summed E-state index contributed by atoms with van der Waals surface area (Å²) in [5.74, 6) is 1.29. The molecule has 0 spiro atoms. The molecule has 0 aliphatic carbocycles. The summed E-state index contributed by atoms with van der Waals surface area (Å²) in [7, 11) is 1.75. The lowest BCUT2D eigenvalue weighted by atomic mass is 10.1. The molecule has 0 saturated carbocycles. The van der Waals surface area contributed by atoms with Crippen LogP contribution < -0.4 is 14.8 Å². The number of benzene rings is 1. The Labute approximate surface area is 152 Å². The van der Waals surface area contributed by atoms with E-state index in [9.17, 15) is 4.79 Å². The van der Waals surface area contributed by atoms with Crippen molar-refractivity contribution in [3.8, 4) is 11.5 Å². The number of fused-ring (bicyclic) bond motifs is 1. The highest BCUT2D eigenvalue weighted by Gasteiger charge is 2.26. The summed E-state index contributed by atoms with van der Waals surface area (Å²) in [6.45, 7) is 2.77. The second-order valence-electron chi connectivity index (χ2n) is 6.75. The molecular weight excluding hydrogens is 334 g/mol. The topological polar surface area (TPSA) is 81.5 Å². The molecule has 2 aliphatic rings. The number of piperidine rings is 1. The van der Waals surface area contributed by atoms with Gasteiger partial charge >= 0.3 is 0 Å². The van der Waals surface area contributed by atoms with Gasteiger partial charge in [0.25, 0.3) is 5.91 Å². The number of amides is 1. The zero-order valence-electron chi connectivity index (χ0n) is 14.8. The molecule has 3 heterocycles. The minimum Gasteiger partial charge on any atom is -0.486 e. The Morgan fingerprint density at radius 3 is 2.88 bits per heavy atom. The van der Waals surface area contributed by atoms with Crippen LogP contribution in [0.1, 0.15) is 29.4 Å². The first-order chi connectivity index (χ1) is 12.7. The number of hydrogen-bond acceptors (Lipinski definition) is 6. The van der Waals surface area contributed by atoms with Crippen LogP contribution in [-0.2, 0) is 0 Å². The molecule has 1 saturated heterocycles. The highest BCUT2D eigenvalue weighted by atomic mass is 16.6. The molecule has 4 rings (SSSR count). The van der Waals surface area contributed by atoms with Gasteiger partial charge in [0.05, 0.1) is 18.8 Å². The average molecular weight is 357 g/mol. The standard InChI is InChI=1S/C18H23N5O3/c1-22(10-14-12-25-16-4-2-3-5-17(16)26-14)18(24)15-11-23(21-20-15)13-6-8-19-9-7-13/h2-5,11,13-14,19H,6-10,12H2,1H3. The van der Waals surface area contributed by atoms with E-state index in [0.29, 0.717) is 30.6 Å². The number of para-hydroxylation sites is 2. The summed E-state index contributed by atoms with van der Waals surface area (Å²) >= 11 is 0. The lowest BCUT2D eigenvalue weighted by Gasteiger charge is -2.29. The molecule has 8 heteroatoms. The van der Waals surface area contributed by atoms with Crippen molar-refractivity contribution in [1.82, 2.24) is 25.2 Å². The first-order valence-electron chi connectivity index (χ1n) is 8.97. The monoisotopic (exact) mass is 357 g/mol. The number of nitrogens with one attached hydrogen (secondary N) is 1.